The van der Waals surface area contributed by atoms with Gasteiger partial charge in [0, 0.05) is 38.8 Å². The lowest BCUT2D eigenvalue weighted by atomic mass is 9.74. The predicted molar refractivity (Wildman–Crippen MR) is 85.9 cm³/mol. The standard InChI is InChI=1S/C17H26N2O3/c1-14(20)12-19(2)16(21)18-13-17(8-10-22-11-9-17)15-6-4-3-5-7-15/h3-7,14,20H,8-13H2,1-2H3,(H,18,21). The van der Waals surface area contributed by atoms with Crippen LogP contribution in [-0.2, 0) is 10.2 Å². The summed E-state index contributed by atoms with van der Waals surface area (Å²) in [6.07, 6.45) is 1.27. The highest BCUT2D eigenvalue weighted by molar-refractivity contribution is 5.74. The Bertz CT molecular complexity index is 470. The Labute approximate surface area is 132 Å². The molecule has 0 saturated carbocycles. The molecule has 2 rings (SSSR count). The number of aliphatic hydroxyl groups excluding tert-OH is 1. The summed E-state index contributed by atoms with van der Waals surface area (Å²) in [5.74, 6) is 0. The fraction of sp³-hybridized carbons (Fsp3) is 0.588. The molecule has 2 N–H and O–H groups in total. The maximum absolute atomic E-state index is 12.2. The van der Waals surface area contributed by atoms with Crippen LogP contribution in [0.3, 0.4) is 0 Å². The molecule has 1 aliphatic heterocycles. The van der Waals surface area contributed by atoms with E-state index in [0.29, 0.717) is 26.3 Å². The second-order valence-corrected chi connectivity index (χ2v) is 6.15. The topological polar surface area (TPSA) is 61.8 Å². The number of nitrogens with zero attached hydrogens (tertiary/aromatic N) is 1. The van der Waals surface area contributed by atoms with Crippen molar-refractivity contribution in [2.75, 3.05) is 33.4 Å². The van der Waals surface area contributed by atoms with E-state index >= 15 is 0 Å². The molecule has 22 heavy (non-hydrogen) atoms. The van der Waals surface area contributed by atoms with Crippen LogP contribution in [0.4, 0.5) is 4.79 Å². The molecule has 0 spiro atoms. The molecule has 1 heterocycles. The van der Waals surface area contributed by atoms with Gasteiger partial charge < -0.3 is 20.1 Å². The third-order valence-electron chi connectivity index (χ3n) is 4.30. The highest BCUT2D eigenvalue weighted by Gasteiger charge is 2.34. The third-order valence-corrected chi connectivity index (χ3v) is 4.30. The van der Waals surface area contributed by atoms with Crippen LogP contribution in [0.2, 0.25) is 0 Å². The normalized spacial score (nSPS) is 18.5. The lowest BCUT2D eigenvalue weighted by molar-refractivity contribution is 0.0500. The first kappa shape index (κ1) is 16.8. The number of hydrogen-bond donors (Lipinski definition) is 2. The molecule has 1 unspecified atom stereocenters. The summed E-state index contributed by atoms with van der Waals surface area (Å²) in [4.78, 5) is 13.7. The lowest BCUT2D eigenvalue weighted by Crippen LogP contribution is -2.48. The van der Waals surface area contributed by atoms with Crippen molar-refractivity contribution in [3.8, 4) is 0 Å². The first-order valence-corrected chi connectivity index (χ1v) is 7.84. The number of amides is 2. The maximum atomic E-state index is 12.2. The molecular formula is C17H26N2O3. The molecule has 0 aliphatic carbocycles. The van der Waals surface area contributed by atoms with Crippen molar-refractivity contribution in [3.63, 3.8) is 0 Å². The molecule has 5 heteroatoms. The van der Waals surface area contributed by atoms with Crippen molar-refractivity contribution >= 4 is 6.03 Å². The minimum atomic E-state index is -0.526. The van der Waals surface area contributed by atoms with E-state index in [4.69, 9.17) is 4.74 Å². The number of ether oxygens (including phenoxy) is 1. The van der Waals surface area contributed by atoms with Crippen molar-refractivity contribution in [2.45, 2.75) is 31.3 Å². The van der Waals surface area contributed by atoms with E-state index in [0.717, 1.165) is 12.8 Å². The van der Waals surface area contributed by atoms with E-state index in [1.807, 2.05) is 18.2 Å². The van der Waals surface area contributed by atoms with Gasteiger partial charge in [0.1, 0.15) is 0 Å². The molecule has 1 aromatic rings. The minimum absolute atomic E-state index is 0.0686. The summed E-state index contributed by atoms with van der Waals surface area (Å²) in [5.41, 5.74) is 1.18. The quantitative estimate of drug-likeness (QED) is 0.871. The first-order chi connectivity index (χ1) is 10.5. The summed E-state index contributed by atoms with van der Waals surface area (Å²) in [5, 5.41) is 12.4. The van der Waals surface area contributed by atoms with Crippen molar-refractivity contribution in [3.05, 3.63) is 35.9 Å². The van der Waals surface area contributed by atoms with Gasteiger partial charge in [0.05, 0.1) is 6.10 Å². The van der Waals surface area contributed by atoms with Gasteiger partial charge >= 0.3 is 6.03 Å². The van der Waals surface area contributed by atoms with Gasteiger partial charge in [-0.15, -0.1) is 0 Å². The number of carbonyl (C=O) groups excluding carboxylic acids is 1. The molecule has 0 aromatic heterocycles. The Morgan fingerprint density at radius 1 is 1.36 bits per heavy atom. The Morgan fingerprint density at radius 3 is 2.59 bits per heavy atom. The molecule has 2 amide bonds. The monoisotopic (exact) mass is 306 g/mol. The van der Waals surface area contributed by atoms with Crippen LogP contribution in [0.15, 0.2) is 30.3 Å². The molecule has 1 atom stereocenters. The van der Waals surface area contributed by atoms with Gasteiger partial charge in [-0.1, -0.05) is 30.3 Å². The summed E-state index contributed by atoms with van der Waals surface area (Å²) in [6, 6.07) is 10.2. The number of rotatable bonds is 5. The number of likely N-dealkylation sites (N-methyl/N-ethyl adjacent to an activating group) is 1. The number of hydrogen-bond acceptors (Lipinski definition) is 3. The van der Waals surface area contributed by atoms with Crippen LogP contribution in [0.1, 0.15) is 25.3 Å². The van der Waals surface area contributed by atoms with Crippen molar-refractivity contribution < 1.29 is 14.6 Å². The first-order valence-electron chi connectivity index (χ1n) is 7.84. The second kappa shape index (κ2) is 7.61. The van der Waals surface area contributed by atoms with Gasteiger partial charge in [-0.3, -0.25) is 0 Å². The van der Waals surface area contributed by atoms with Gasteiger partial charge in [0.25, 0.3) is 0 Å². The molecule has 5 nitrogen and oxygen atoms in total. The molecular weight excluding hydrogens is 280 g/mol. The van der Waals surface area contributed by atoms with Crippen LogP contribution in [-0.4, -0.2) is 55.5 Å². The number of benzene rings is 1. The fourth-order valence-corrected chi connectivity index (χ4v) is 2.98. The molecule has 1 aromatic carbocycles. The smallest absolute Gasteiger partial charge is 0.317 e. The summed E-state index contributed by atoms with van der Waals surface area (Å²) >= 11 is 0. The Kier molecular flexibility index (Phi) is 5.80. The van der Waals surface area contributed by atoms with E-state index < -0.39 is 6.10 Å². The van der Waals surface area contributed by atoms with Crippen molar-refractivity contribution in [2.24, 2.45) is 0 Å². The van der Waals surface area contributed by atoms with Gasteiger partial charge in [0.15, 0.2) is 0 Å². The van der Waals surface area contributed by atoms with Gasteiger partial charge in [-0.2, -0.15) is 0 Å². The zero-order valence-corrected chi connectivity index (χ0v) is 13.4. The van der Waals surface area contributed by atoms with Crippen LogP contribution < -0.4 is 5.32 Å². The highest BCUT2D eigenvalue weighted by Crippen LogP contribution is 2.34. The molecule has 0 radical (unpaired) electrons. The molecule has 0 bridgehead atoms. The van der Waals surface area contributed by atoms with Crippen LogP contribution in [0, 0.1) is 0 Å². The summed E-state index contributed by atoms with van der Waals surface area (Å²) < 4.78 is 5.50. The zero-order valence-electron chi connectivity index (χ0n) is 13.4. The Balaban J connectivity index is 2.03. The number of carbonyl (C=O) groups is 1. The molecule has 1 fully saturated rings. The van der Waals surface area contributed by atoms with E-state index in [9.17, 15) is 9.90 Å². The fourth-order valence-electron chi connectivity index (χ4n) is 2.98. The van der Waals surface area contributed by atoms with Gasteiger partial charge in [-0.05, 0) is 25.3 Å². The Morgan fingerprint density at radius 2 is 2.00 bits per heavy atom. The lowest BCUT2D eigenvalue weighted by Gasteiger charge is -2.38. The maximum Gasteiger partial charge on any atom is 0.317 e. The van der Waals surface area contributed by atoms with Crippen molar-refractivity contribution in [1.29, 1.82) is 0 Å². The van der Waals surface area contributed by atoms with Crippen LogP contribution in [0.5, 0.6) is 0 Å². The summed E-state index contributed by atoms with van der Waals surface area (Å²) in [6.45, 7) is 4.02. The average Bonchev–Trinajstić information content (AvgIpc) is 2.53. The SMILES string of the molecule is CC(O)CN(C)C(=O)NCC1(c2ccccc2)CCOCC1. The van der Waals surface area contributed by atoms with Gasteiger partial charge in [-0.25, -0.2) is 4.79 Å². The van der Waals surface area contributed by atoms with E-state index in [2.05, 4.69) is 17.4 Å². The number of nitrogens with one attached hydrogen (secondary N) is 1. The Hall–Kier alpha value is -1.59. The molecule has 122 valence electrons. The van der Waals surface area contributed by atoms with Crippen LogP contribution >= 0.6 is 0 Å². The third kappa shape index (κ3) is 4.21. The minimum Gasteiger partial charge on any atom is -0.392 e. The largest absolute Gasteiger partial charge is 0.392 e. The van der Waals surface area contributed by atoms with E-state index in [-0.39, 0.29) is 11.4 Å². The van der Waals surface area contributed by atoms with Crippen LogP contribution in [0.25, 0.3) is 0 Å². The summed E-state index contributed by atoms with van der Waals surface area (Å²) in [7, 11) is 1.70. The van der Waals surface area contributed by atoms with E-state index in [1.165, 1.54) is 10.5 Å². The van der Waals surface area contributed by atoms with Crippen molar-refractivity contribution in [1.82, 2.24) is 10.2 Å². The average molecular weight is 306 g/mol. The highest BCUT2D eigenvalue weighted by atomic mass is 16.5. The molecule has 1 aliphatic rings. The number of aliphatic hydroxyl groups is 1. The zero-order chi connectivity index (χ0) is 16.0. The second-order valence-electron chi connectivity index (χ2n) is 6.15. The van der Waals surface area contributed by atoms with E-state index in [1.54, 1.807) is 14.0 Å². The number of urea groups is 1. The predicted octanol–water partition coefficient (Wildman–Crippen LogP) is 1.76. The van der Waals surface area contributed by atoms with Gasteiger partial charge in [0.2, 0.25) is 0 Å². The molecule has 1 saturated heterocycles.